The Labute approximate surface area is 145 Å². The lowest BCUT2D eigenvalue weighted by Crippen LogP contribution is -2.18. The maximum absolute atomic E-state index is 13.0. The first kappa shape index (κ1) is 19.2. The van der Waals surface area contributed by atoms with Crippen LogP contribution in [0.1, 0.15) is 21.6 Å². The highest BCUT2D eigenvalue weighted by Crippen LogP contribution is 2.40. The van der Waals surface area contributed by atoms with Crippen molar-refractivity contribution in [3.63, 3.8) is 0 Å². The van der Waals surface area contributed by atoms with Gasteiger partial charge in [0.1, 0.15) is 17.1 Å². The van der Waals surface area contributed by atoms with Gasteiger partial charge in [0, 0.05) is 0 Å². The normalized spacial score (nSPS) is 12.5. The molecule has 0 atom stereocenters. The zero-order valence-corrected chi connectivity index (χ0v) is 13.1. The summed E-state index contributed by atoms with van der Waals surface area (Å²) >= 11 is 11.4. The molecule has 0 radical (unpaired) electrons. The fourth-order valence-corrected chi connectivity index (χ4v) is 2.62. The van der Waals surface area contributed by atoms with Gasteiger partial charge < -0.3 is 11.5 Å². The molecular weight excluding hydrogens is 401 g/mol. The molecule has 0 aliphatic heterocycles. The number of alkyl halides is 6. The monoisotopic (exact) mass is 406 g/mol. The molecule has 1 amide bonds. The molecule has 0 aliphatic carbocycles. The Morgan fingerprint density at radius 3 is 1.84 bits per heavy atom. The summed E-state index contributed by atoms with van der Waals surface area (Å²) in [6.45, 7) is 0. The number of halogens is 8. The van der Waals surface area contributed by atoms with Crippen molar-refractivity contribution in [2.45, 2.75) is 12.4 Å². The zero-order chi connectivity index (χ0) is 19.3. The van der Waals surface area contributed by atoms with Crippen molar-refractivity contribution in [3.05, 3.63) is 39.0 Å². The Hall–Kier alpha value is -2.14. The second-order valence-electron chi connectivity index (χ2n) is 4.67. The quantitative estimate of drug-likeness (QED) is 0.741. The molecule has 136 valence electrons. The molecule has 5 nitrogen and oxygen atoms in total. The molecule has 0 bridgehead atoms. The number of carbonyl (C=O) groups excluding carboxylic acids is 1. The predicted octanol–water partition coefficient (Wildman–Crippen LogP) is 3.90. The standard InChI is InChI=1S/C12H6Cl2F6N4O/c13-4-1-3(11(15,16)17)2-5(14)7(4)24-9(21)6(10(22)25)8(23-24)12(18,19)20/h1-2H,21H2,(H2,22,25). The van der Waals surface area contributed by atoms with Crippen LogP contribution in [0, 0.1) is 0 Å². The number of hydrogen-bond donors (Lipinski definition) is 2. The van der Waals surface area contributed by atoms with Crippen molar-refractivity contribution in [2.24, 2.45) is 5.73 Å². The molecule has 0 spiro atoms. The largest absolute Gasteiger partial charge is 0.436 e. The van der Waals surface area contributed by atoms with E-state index in [1.54, 1.807) is 0 Å². The smallest absolute Gasteiger partial charge is 0.383 e. The Morgan fingerprint density at radius 1 is 1.04 bits per heavy atom. The third-order valence-electron chi connectivity index (χ3n) is 2.99. The van der Waals surface area contributed by atoms with Crippen molar-refractivity contribution in [1.29, 1.82) is 0 Å². The predicted molar refractivity (Wildman–Crippen MR) is 76.5 cm³/mol. The van der Waals surface area contributed by atoms with Crippen LogP contribution >= 0.6 is 23.2 Å². The summed E-state index contributed by atoms with van der Waals surface area (Å²) in [5.74, 6) is -2.40. The van der Waals surface area contributed by atoms with Gasteiger partial charge in [-0.05, 0) is 12.1 Å². The van der Waals surface area contributed by atoms with Crippen molar-refractivity contribution in [3.8, 4) is 5.69 Å². The van der Waals surface area contributed by atoms with Gasteiger partial charge in [0.2, 0.25) is 0 Å². The van der Waals surface area contributed by atoms with Gasteiger partial charge in [0.05, 0.1) is 15.6 Å². The minimum Gasteiger partial charge on any atom is -0.383 e. The lowest BCUT2D eigenvalue weighted by atomic mass is 10.2. The van der Waals surface area contributed by atoms with Crippen LogP contribution in [-0.2, 0) is 12.4 Å². The van der Waals surface area contributed by atoms with Gasteiger partial charge >= 0.3 is 12.4 Å². The Kier molecular flexibility index (Phi) is 4.60. The summed E-state index contributed by atoms with van der Waals surface area (Å²) in [5.41, 5.74) is 5.66. The maximum atomic E-state index is 13.0. The van der Waals surface area contributed by atoms with E-state index in [0.29, 0.717) is 16.8 Å². The van der Waals surface area contributed by atoms with Gasteiger partial charge in [0.15, 0.2) is 5.69 Å². The SMILES string of the molecule is NC(=O)c1c(C(F)(F)F)nn(-c2c(Cl)cc(C(F)(F)F)cc2Cl)c1N. The van der Waals surface area contributed by atoms with Gasteiger partial charge in [-0.3, -0.25) is 4.79 Å². The van der Waals surface area contributed by atoms with Gasteiger partial charge in [-0.1, -0.05) is 23.2 Å². The molecule has 4 N–H and O–H groups in total. The number of rotatable bonds is 2. The van der Waals surface area contributed by atoms with Crippen LogP contribution in [0.25, 0.3) is 5.69 Å². The van der Waals surface area contributed by atoms with Crippen LogP contribution in [0.5, 0.6) is 0 Å². The fourth-order valence-electron chi connectivity index (χ4n) is 1.97. The molecular formula is C12H6Cl2F6N4O. The third-order valence-corrected chi connectivity index (χ3v) is 3.57. The van der Waals surface area contributed by atoms with Gasteiger partial charge in [-0.15, -0.1) is 0 Å². The summed E-state index contributed by atoms with van der Waals surface area (Å²) in [4.78, 5) is 11.3. The van der Waals surface area contributed by atoms with Crippen LogP contribution in [0.2, 0.25) is 10.0 Å². The molecule has 2 rings (SSSR count). The Balaban J connectivity index is 2.78. The van der Waals surface area contributed by atoms with E-state index in [4.69, 9.17) is 34.7 Å². The number of nitrogens with two attached hydrogens (primary N) is 2. The minimum atomic E-state index is -5.10. The van der Waals surface area contributed by atoms with Crippen LogP contribution in [-0.4, -0.2) is 15.7 Å². The first-order valence-corrected chi connectivity index (χ1v) is 6.82. The highest BCUT2D eigenvalue weighted by atomic mass is 35.5. The Morgan fingerprint density at radius 2 is 1.52 bits per heavy atom. The average Bonchev–Trinajstić information content (AvgIpc) is 2.75. The van der Waals surface area contributed by atoms with Crippen molar-refractivity contribution >= 4 is 34.9 Å². The number of carbonyl (C=O) groups is 1. The zero-order valence-electron chi connectivity index (χ0n) is 11.6. The van der Waals surface area contributed by atoms with Gasteiger partial charge in [-0.25, -0.2) is 4.68 Å². The molecule has 0 saturated carbocycles. The molecule has 13 heteroatoms. The lowest BCUT2D eigenvalue weighted by Gasteiger charge is -2.13. The molecule has 25 heavy (non-hydrogen) atoms. The first-order valence-electron chi connectivity index (χ1n) is 6.07. The molecule has 2 aromatic rings. The number of anilines is 1. The van der Waals surface area contributed by atoms with Crippen LogP contribution < -0.4 is 11.5 Å². The van der Waals surface area contributed by atoms with E-state index in [1.807, 2.05) is 0 Å². The molecule has 0 fully saturated rings. The Bertz CT molecular complexity index is 836. The van der Waals surface area contributed by atoms with E-state index in [-0.39, 0.29) is 0 Å². The topological polar surface area (TPSA) is 86.9 Å². The van der Waals surface area contributed by atoms with Crippen LogP contribution in [0.4, 0.5) is 32.2 Å². The molecule has 0 saturated heterocycles. The summed E-state index contributed by atoms with van der Waals surface area (Å²) < 4.78 is 77.4. The maximum Gasteiger partial charge on any atom is 0.436 e. The van der Waals surface area contributed by atoms with E-state index in [1.165, 1.54) is 0 Å². The van der Waals surface area contributed by atoms with E-state index in [2.05, 4.69) is 5.10 Å². The summed E-state index contributed by atoms with van der Waals surface area (Å²) in [6.07, 6.45) is -9.90. The number of aromatic nitrogens is 2. The summed E-state index contributed by atoms with van der Waals surface area (Å²) in [5, 5.41) is 1.74. The number of amides is 1. The molecule has 0 unspecified atom stereocenters. The minimum absolute atomic E-state index is 0.313. The number of nitrogen functional groups attached to an aromatic ring is 1. The fraction of sp³-hybridized carbons (Fsp3) is 0.167. The first-order chi connectivity index (χ1) is 11.2. The highest BCUT2D eigenvalue weighted by Gasteiger charge is 2.41. The van der Waals surface area contributed by atoms with E-state index >= 15 is 0 Å². The van der Waals surface area contributed by atoms with Gasteiger partial charge in [0.25, 0.3) is 5.91 Å². The van der Waals surface area contributed by atoms with Crippen molar-refractivity contribution in [1.82, 2.24) is 9.78 Å². The van der Waals surface area contributed by atoms with E-state index < -0.39 is 56.6 Å². The third kappa shape index (κ3) is 3.47. The number of nitrogens with zero attached hydrogens (tertiary/aromatic N) is 2. The summed E-state index contributed by atoms with van der Waals surface area (Å²) in [7, 11) is 0. The van der Waals surface area contributed by atoms with Crippen molar-refractivity contribution < 1.29 is 31.1 Å². The summed E-state index contributed by atoms with van der Waals surface area (Å²) in [6, 6.07) is 0.863. The second kappa shape index (κ2) is 5.99. The number of primary amides is 1. The van der Waals surface area contributed by atoms with E-state index in [0.717, 1.165) is 0 Å². The molecule has 1 heterocycles. The van der Waals surface area contributed by atoms with Crippen LogP contribution in [0.3, 0.4) is 0 Å². The number of benzene rings is 1. The molecule has 1 aromatic carbocycles. The van der Waals surface area contributed by atoms with Crippen molar-refractivity contribution in [2.75, 3.05) is 5.73 Å². The lowest BCUT2D eigenvalue weighted by molar-refractivity contribution is -0.141. The molecule has 0 aliphatic rings. The number of hydrogen-bond acceptors (Lipinski definition) is 3. The second-order valence-corrected chi connectivity index (χ2v) is 5.48. The van der Waals surface area contributed by atoms with Crippen LogP contribution in [0.15, 0.2) is 12.1 Å². The molecule has 1 aromatic heterocycles. The van der Waals surface area contributed by atoms with E-state index in [9.17, 15) is 31.1 Å². The average molecular weight is 407 g/mol. The highest BCUT2D eigenvalue weighted by molar-refractivity contribution is 6.38. The van der Waals surface area contributed by atoms with Gasteiger partial charge in [-0.2, -0.15) is 31.4 Å².